The summed E-state index contributed by atoms with van der Waals surface area (Å²) >= 11 is 0. The maximum Gasteiger partial charge on any atom is 0.243 e. The van der Waals surface area contributed by atoms with Crippen molar-refractivity contribution in [3.05, 3.63) is 28.8 Å². The van der Waals surface area contributed by atoms with Crippen LogP contribution >= 0.6 is 0 Å². The largest absolute Gasteiger partial charge is 0.349 e. The highest BCUT2D eigenvalue weighted by molar-refractivity contribution is 5.30. The van der Waals surface area contributed by atoms with Crippen molar-refractivity contribution in [1.29, 1.82) is 0 Å². The number of anilines is 1. The zero-order valence-corrected chi connectivity index (χ0v) is 12.8. The smallest absolute Gasteiger partial charge is 0.243 e. The third kappa shape index (κ3) is 2.89. The van der Waals surface area contributed by atoms with E-state index in [1.807, 2.05) is 6.20 Å². The van der Waals surface area contributed by atoms with Gasteiger partial charge in [0, 0.05) is 24.3 Å². The minimum Gasteiger partial charge on any atom is -0.349 e. The van der Waals surface area contributed by atoms with Gasteiger partial charge < -0.3 is 5.32 Å². The first kappa shape index (κ1) is 14.0. The topological polar surface area (TPSA) is 68.5 Å². The molecule has 0 atom stereocenters. The highest BCUT2D eigenvalue weighted by Crippen LogP contribution is 2.18. The van der Waals surface area contributed by atoms with Crippen LogP contribution in [0.1, 0.15) is 49.3 Å². The molecule has 1 N–H and O–H groups in total. The van der Waals surface area contributed by atoms with Crippen LogP contribution < -0.4 is 5.32 Å². The molecule has 3 rings (SSSR count). The van der Waals surface area contributed by atoms with Gasteiger partial charge in [0.2, 0.25) is 5.95 Å². The van der Waals surface area contributed by atoms with Crippen molar-refractivity contribution in [3.8, 4) is 0 Å². The number of hydrogen-bond donors (Lipinski definition) is 1. The van der Waals surface area contributed by atoms with Crippen molar-refractivity contribution in [3.63, 3.8) is 0 Å². The fraction of sp³-hybridized carbons (Fsp3) is 0.600. The van der Waals surface area contributed by atoms with E-state index >= 15 is 0 Å². The Morgan fingerprint density at radius 3 is 2.81 bits per heavy atom. The molecule has 3 heterocycles. The van der Waals surface area contributed by atoms with E-state index in [1.54, 1.807) is 0 Å². The summed E-state index contributed by atoms with van der Waals surface area (Å²) in [5.74, 6) is 0.611. The van der Waals surface area contributed by atoms with E-state index in [1.165, 1.54) is 24.1 Å². The van der Waals surface area contributed by atoms with Crippen LogP contribution in [0, 0.1) is 0 Å². The van der Waals surface area contributed by atoms with Crippen molar-refractivity contribution in [2.24, 2.45) is 0 Å². The zero-order chi connectivity index (χ0) is 14.7. The Kier molecular flexibility index (Phi) is 4.13. The van der Waals surface area contributed by atoms with Crippen molar-refractivity contribution < 1.29 is 0 Å². The van der Waals surface area contributed by atoms with Crippen molar-refractivity contribution >= 4 is 5.95 Å². The Bertz CT molecular complexity index is 619. The molecule has 0 aromatic carbocycles. The normalized spacial score (nSPS) is 14.0. The molecule has 0 unspecified atom stereocenters. The van der Waals surface area contributed by atoms with Crippen LogP contribution in [0.3, 0.4) is 0 Å². The summed E-state index contributed by atoms with van der Waals surface area (Å²) in [5, 5.41) is 16.2. The minimum absolute atomic E-state index is 0.611. The van der Waals surface area contributed by atoms with Crippen LogP contribution in [0.15, 0.2) is 6.20 Å². The van der Waals surface area contributed by atoms with Gasteiger partial charge >= 0.3 is 0 Å². The van der Waals surface area contributed by atoms with E-state index in [0.29, 0.717) is 12.5 Å². The minimum atomic E-state index is 0.611. The molecule has 0 radical (unpaired) electrons. The molecule has 0 amide bonds. The fourth-order valence-corrected chi connectivity index (χ4v) is 2.82. The van der Waals surface area contributed by atoms with Gasteiger partial charge in [0.15, 0.2) is 0 Å². The van der Waals surface area contributed by atoms with Gasteiger partial charge in [0.05, 0.1) is 17.6 Å². The van der Waals surface area contributed by atoms with E-state index in [-0.39, 0.29) is 0 Å². The van der Waals surface area contributed by atoms with Gasteiger partial charge in [-0.2, -0.15) is 10.2 Å². The molecule has 2 aromatic rings. The van der Waals surface area contributed by atoms with Gasteiger partial charge in [-0.3, -0.25) is 4.68 Å². The Morgan fingerprint density at radius 1 is 1.14 bits per heavy atom. The van der Waals surface area contributed by atoms with E-state index < -0.39 is 0 Å². The van der Waals surface area contributed by atoms with Gasteiger partial charge in [0.25, 0.3) is 0 Å². The van der Waals surface area contributed by atoms with E-state index in [0.717, 1.165) is 37.2 Å². The van der Waals surface area contributed by atoms with Gasteiger partial charge in [-0.25, -0.2) is 4.98 Å². The van der Waals surface area contributed by atoms with Crippen LogP contribution in [-0.4, -0.2) is 25.0 Å². The second-order valence-electron chi connectivity index (χ2n) is 5.39. The Labute approximate surface area is 125 Å². The molecule has 2 aromatic heterocycles. The molecule has 0 bridgehead atoms. The molecule has 0 spiro atoms. The summed E-state index contributed by atoms with van der Waals surface area (Å²) in [6, 6.07) is 0. The van der Waals surface area contributed by atoms with Gasteiger partial charge in [0.1, 0.15) is 0 Å². The van der Waals surface area contributed by atoms with E-state index in [9.17, 15) is 0 Å². The summed E-state index contributed by atoms with van der Waals surface area (Å²) in [6.45, 7) is 5.93. The number of fused-ring (bicyclic) bond motifs is 1. The standard InChI is InChI=1S/C15H22N6/c1-3-12-13(4-2)19-20-15(18-12)16-9-11-10-17-21-8-6-5-7-14(11)21/h10H,3-9H2,1-2H3,(H,16,18,20). The average molecular weight is 286 g/mol. The van der Waals surface area contributed by atoms with Crippen LogP contribution in [0.4, 0.5) is 5.95 Å². The molecular weight excluding hydrogens is 264 g/mol. The molecular formula is C15H22N6. The third-order valence-electron chi connectivity index (χ3n) is 4.01. The molecule has 0 saturated carbocycles. The lowest BCUT2D eigenvalue weighted by molar-refractivity contribution is 0.484. The molecule has 6 heteroatoms. The summed E-state index contributed by atoms with van der Waals surface area (Å²) in [5.41, 5.74) is 4.62. The number of nitrogens with zero attached hydrogens (tertiary/aromatic N) is 5. The average Bonchev–Trinajstić information content (AvgIpc) is 2.96. The lowest BCUT2D eigenvalue weighted by Crippen LogP contribution is -2.14. The van der Waals surface area contributed by atoms with Gasteiger partial charge in [-0.15, -0.1) is 5.10 Å². The number of aromatic nitrogens is 5. The molecule has 1 aliphatic heterocycles. The molecule has 0 saturated heterocycles. The Hall–Kier alpha value is -1.98. The maximum absolute atomic E-state index is 4.56. The maximum atomic E-state index is 4.56. The molecule has 0 fully saturated rings. The summed E-state index contributed by atoms with van der Waals surface area (Å²) in [4.78, 5) is 4.56. The Morgan fingerprint density at radius 2 is 2.00 bits per heavy atom. The van der Waals surface area contributed by atoms with Crippen LogP contribution in [0.5, 0.6) is 0 Å². The van der Waals surface area contributed by atoms with E-state index in [2.05, 4.69) is 44.1 Å². The highest BCUT2D eigenvalue weighted by Gasteiger charge is 2.14. The lowest BCUT2D eigenvalue weighted by atomic mass is 10.1. The summed E-state index contributed by atoms with van der Waals surface area (Å²) in [6.07, 6.45) is 7.32. The number of nitrogens with one attached hydrogen (secondary N) is 1. The fourth-order valence-electron chi connectivity index (χ4n) is 2.82. The number of hydrogen-bond acceptors (Lipinski definition) is 5. The molecule has 112 valence electrons. The molecule has 6 nitrogen and oxygen atoms in total. The lowest BCUT2D eigenvalue weighted by Gasteiger charge is -2.15. The first-order valence-electron chi connectivity index (χ1n) is 7.81. The van der Waals surface area contributed by atoms with Gasteiger partial charge in [-0.1, -0.05) is 13.8 Å². The van der Waals surface area contributed by atoms with Crippen LogP contribution in [-0.2, 0) is 32.4 Å². The molecule has 21 heavy (non-hydrogen) atoms. The first-order chi connectivity index (χ1) is 10.3. The van der Waals surface area contributed by atoms with Crippen molar-refractivity contribution in [1.82, 2.24) is 25.0 Å². The van der Waals surface area contributed by atoms with E-state index in [4.69, 9.17) is 0 Å². The monoisotopic (exact) mass is 286 g/mol. The number of rotatable bonds is 5. The second-order valence-corrected chi connectivity index (χ2v) is 5.39. The predicted octanol–water partition coefficient (Wildman–Crippen LogP) is 2.14. The Balaban J connectivity index is 1.71. The summed E-state index contributed by atoms with van der Waals surface area (Å²) < 4.78 is 2.12. The first-order valence-corrected chi connectivity index (χ1v) is 7.81. The SMILES string of the molecule is CCc1nnc(NCc2cnn3c2CCCC3)nc1CC. The van der Waals surface area contributed by atoms with Crippen LogP contribution in [0.2, 0.25) is 0 Å². The summed E-state index contributed by atoms with van der Waals surface area (Å²) in [7, 11) is 0. The molecule has 0 aliphatic carbocycles. The van der Waals surface area contributed by atoms with Crippen molar-refractivity contribution in [2.75, 3.05) is 5.32 Å². The molecule has 1 aliphatic rings. The van der Waals surface area contributed by atoms with Crippen LogP contribution in [0.25, 0.3) is 0 Å². The van der Waals surface area contributed by atoms with Gasteiger partial charge in [-0.05, 0) is 32.1 Å². The van der Waals surface area contributed by atoms with Crippen molar-refractivity contribution in [2.45, 2.75) is 59.0 Å². The highest BCUT2D eigenvalue weighted by atomic mass is 15.3. The predicted molar refractivity (Wildman–Crippen MR) is 81.1 cm³/mol. The number of aryl methyl sites for hydroxylation is 3. The zero-order valence-electron chi connectivity index (χ0n) is 12.8. The quantitative estimate of drug-likeness (QED) is 0.912. The third-order valence-corrected chi connectivity index (χ3v) is 4.01. The second kappa shape index (κ2) is 6.20.